The highest BCUT2D eigenvalue weighted by Crippen LogP contribution is 2.47. The molecule has 2 aromatic rings. The van der Waals surface area contributed by atoms with Crippen LogP contribution < -0.4 is 15.4 Å². The number of urea groups is 1. The summed E-state index contributed by atoms with van der Waals surface area (Å²) in [6.07, 6.45) is -0.313. The number of carbonyl (C=O) groups excluding carboxylic acids is 2. The van der Waals surface area contributed by atoms with Crippen LogP contribution in [-0.4, -0.2) is 73.2 Å². The van der Waals surface area contributed by atoms with Gasteiger partial charge in [-0.1, -0.05) is 18.2 Å². The molecule has 5 rings (SSSR count). The topological polar surface area (TPSA) is 109 Å². The molecule has 3 heterocycles. The highest BCUT2D eigenvalue weighted by Gasteiger charge is 2.46. The number of fused-ring (bicyclic) bond motifs is 3. The number of ether oxygens (including phenoxy) is 3. The summed E-state index contributed by atoms with van der Waals surface area (Å²) in [5.74, 6) is 0.712. The fraction of sp³-hybridized carbons (Fsp3) is 0.440. The third kappa shape index (κ3) is 4.86. The van der Waals surface area contributed by atoms with Crippen LogP contribution in [0.25, 0.3) is 0 Å². The average Bonchev–Trinajstić information content (AvgIpc) is 3.22. The van der Waals surface area contributed by atoms with Crippen LogP contribution in [0.3, 0.4) is 0 Å². The molecule has 0 unspecified atom stereocenters. The summed E-state index contributed by atoms with van der Waals surface area (Å²) in [6, 6.07) is 14.4. The first-order valence-electron chi connectivity index (χ1n) is 11.7. The number of nitrogens with zero attached hydrogens (tertiary/aromatic N) is 1. The first kappa shape index (κ1) is 22.6. The minimum Gasteiger partial charge on any atom is -0.487 e. The second kappa shape index (κ2) is 10.0. The number of rotatable bonds is 5. The largest absolute Gasteiger partial charge is 0.487 e. The lowest BCUT2D eigenvalue weighted by molar-refractivity contribution is -0.151. The number of hydrogen-bond acceptors (Lipinski definition) is 6. The standard InChI is InChI=1S/C25H29N3O6/c29-15-22-24-20(13-18(33-22)14-23(30)28-8-10-32-11-9-28)19-12-17(6-7-21(19)34-24)27-25(31)26-16-4-2-1-3-5-16/h1-7,12,18,20,22,24,29H,8-11,13-15H2,(H2,26,27,31)/t18-,20+,22+,24-/m0/s1. The molecule has 9 nitrogen and oxygen atoms in total. The van der Waals surface area contributed by atoms with E-state index >= 15 is 0 Å². The number of morpholine rings is 1. The van der Waals surface area contributed by atoms with Crippen LogP contribution in [0, 0.1) is 0 Å². The van der Waals surface area contributed by atoms with Crippen molar-refractivity contribution in [2.75, 3.05) is 43.5 Å². The lowest BCUT2D eigenvalue weighted by Crippen LogP contribution is -2.48. The quantitative estimate of drug-likeness (QED) is 0.624. The predicted molar refractivity (Wildman–Crippen MR) is 125 cm³/mol. The Kier molecular flexibility index (Phi) is 6.66. The molecule has 2 saturated heterocycles. The van der Waals surface area contributed by atoms with Crippen LogP contribution in [0.1, 0.15) is 24.3 Å². The molecule has 3 aliphatic heterocycles. The van der Waals surface area contributed by atoms with Crippen LogP contribution >= 0.6 is 0 Å². The summed E-state index contributed by atoms with van der Waals surface area (Å²) in [5, 5.41) is 15.6. The summed E-state index contributed by atoms with van der Waals surface area (Å²) in [6.45, 7) is 2.09. The molecular weight excluding hydrogens is 438 g/mol. The van der Waals surface area contributed by atoms with Crippen molar-refractivity contribution in [2.24, 2.45) is 0 Å². The van der Waals surface area contributed by atoms with E-state index in [1.165, 1.54) is 0 Å². The summed E-state index contributed by atoms with van der Waals surface area (Å²) in [7, 11) is 0. The normalized spacial score (nSPS) is 25.6. The molecule has 3 amide bonds. The Morgan fingerprint density at radius 1 is 1.03 bits per heavy atom. The second-order valence-corrected chi connectivity index (χ2v) is 8.80. The van der Waals surface area contributed by atoms with E-state index in [1.54, 1.807) is 11.0 Å². The van der Waals surface area contributed by atoms with Gasteiger partial charge in [0.25, 0.3) is 0 Å². The van der Waals surface area contributed by atoms with Gasteiger partial charge in [0, 0.05) is 35.9 Å². The molecule has 0 radical (unpaired) electrons. The van der Waals surface area contributed by atoms with Crippen LogP contribution in [0.2, 0.25) is 0 Å². The number of benzene rings is 2. The summed E-state index contributed by atoms with van der Waals surface area (Å²) < 4.78 is 17.5. The molecular formula is C25H29N3O6. The fourth-order valence-corrected chi connectivity index (χ4v) is 4.92. The molecule has 9 heteroatoms. The van der Waals surface area contributed by atoms with E-state index in [4.69, 9.17) is 14.2 Å². The van der Waals surface area contributed by atoms with E-state index in [0.29, 0.717) is 49.8 Å². The maximum atomic E-state index is 12.8. The third-order valence-electron chi connectivity index (χ3n) is 6.55. The van der Waals surface area contributed by atoms with Crippen molar-refractivity contribution in [3.05, 3.63) is 54.1 Å². The molecule has 3 N–H and O–H groups in total. The van der Waals surface area contributed by atoms with E-state index in [2.05, 4.69) is 10.6 Å². The van der Waals surface area contributed by atoms with Crippen molar-refractivity contribution < 1.29 is 28.9 Å². The molecule has 2 fully saturated rings. The van der Waals surface area contributed by atoms with E-state index < -0.39 is 6.10 Å². The van der Waals surface area contributed by atoms with Gasteiger partial charge in [0.1, 0.15) is 18.0 Å². The van der Waals surface area contributed by atoms with Gasteiger partial charge in [0.15, 0.2) is 0 Å². The molecule has 4 atom stereocenters. The maximum absolute atomic E-state index is 12.8. The third-order valence-corrected chi connectivity index (χ3v) is 6.55. The maximum Gasteiger partial charge on any atom is 0.323 e. The fourth-order valence-electron chi connectivity index (χ4n) is 4.92. The van der Waals surface area contributed by atoms with Crippen molar-refractivity contribution >= 4 is 23.3 Å². The second-order valence-electron chi connectivity index (χ2n) is 8.80. The van der Waals surface area contributed by atoms with Gasteiger partial charge in [-0.2, -0.15) is 0 Å². The molecule has 0 aromatic heterocycles. The molecule has 34 heavy (non-hydrogen) atoms. The van der Waals surface area contributed by atoms with Crippen molar-refractivity contribution in [1.29, 1.82) is 0 Å². The van der Waals surface area contributed by atoms with Crippen LogP contribution in [-0.2, 0) is 14.3 Å². The Morgan fingerprint density at radius 3 is 2.56 bits per heavy atom. The zero-order chi connectivity index (χ0) is 23.5. The van der Waals surface area contributed by atoms with Crippen LogP contribution in [0.4, 0.5) is 16.2 Å². The smallest absolute Gasteiger partial charge is 0.323 e. The van der Waals surface area contributed by atoms with Gasteiger partial charge in [-0.15, -0.1) is 0 Å². The number of para-hydroxylation sites is 1. The SMILES string of the molecule is O=C(Nc1ccccc1)Nc1ccc2c(c1)[C@H]1C[C@@H](CC(=O)N3CCOCC3)O[C@H](CO)[C@H]1O2. The molecule has 0 saturated carbocycles. The number of carbonyl (C=O) groups is 2. The van der Waals surface area contributed by atoms with Crippen molar-refractivity contribution in [2.45, 2.75) is 37.1 Å². The van der Waals surface area contributed by atoms with Crippen molar-refractivity contribution in [1.82, 2.24) is 4.90 Å². The van der Waals surface area contributed by atoms with Gasteiger partial charge in [-0.25, -0.2) is 4.79 Å². The molecule has 0 aliphatic carbocycles. The highest BCUT2D eigenvalue weighted by atomic mass is 16.6. The van der Waals surface area contributed by atoms with Gasteiger partial charge in [0.2, 0.25) is 5.91 Å². The van der Waals surface area contributed by atoms with Crippen LogP contribution in [0.15, 0.2) is 48.5 Å². The minimum atomic E-state index is -0.522. The zero-order valence-electron chi connectivity index (χ0n) is 18.8. The Morgan fingerprint density at radius 2 is 1.79 bits per heavy atom. The van der Waals surface area contributed by atoms with Crippen LogP contribution in [0.5, 0.6) is 5.75 Å². The summed E-state index contributed by atoms with van der Waals surface area (Å²) >= 11 is 0. The van der Waals surface area contributed by atoms with Crippen molar-refractivity contribution in [3.8, 4) is 5.75 Å². The average molecular weight is 468 g/mol. The number of amides is 3. The lowest BCUT2D eigenvalue weighted by Gasteiger charge is -2.38. The molecule has 0 bridgehead atoms. The molecule has 3 aliphatic rings. The predicted octanol–water partition coefficient (Wildman–Crippen LogP) is 2.57. The summed E-state index contributed by atoms with van der Waals surface area (Å²) in [4.78, 5) is 27.0. The van der Waals surface area contributed by atoms with Gasteiger partial charge >= 0.3 is 6.03 Å². The first-order chi connectivity index (χ1) is 16.6. The Balaban J connectivity index is 1.28. The lowest BCUT2D eigenvalue weighted by atomic mass is 9.84. The molecule has 180 valence electrons. The Labute approximate surface area is 198 Å². The zero-order valence-corrected chi connectivity index (χ0v) is 18.8. The van der Waals surface area contributed by atoms with Gasteiger partial charge in [0.05, 0.1) is 32.3 Å². The van der Waals surface area contributed by atoms with E-state index in [9.17, 15) is 14.7 Å². The first-order valence-corrected chi connectivity index (χ1v) is 11.7. The van der Waals surface area contributed by atoms with E-state index in [0.717, 1.165) is 5.56 Å². The number of hydrogen-bond donors (Lipinski definition) is 3. The summed E-state index contributed by atoms with van der Waals surface area (Å²) in [5.41, 5.74) is 2.30. The number of anilines is 2. The van der Waals surface area contributed by atoms with Gasteiger partial charge < -0.3 is 34.9 Å². The number of aliphatic hydroxyl groups excluding tert-OH is 1. The number of aliphatic hydroxyl groups is 1. The van der Waals surface area contributed by atoms with E-state index in [-0.39, 0.29) is 43.1 Å². The van der Waals surface area contributed by atoms with E-state index in [1.807, 2.05) is 42.5 Å². The Bertz CT molecular complexity index is 1030. The highest BCUT2D eigenvalue weighted by molar-refractivity contribution is 5.99. The number of nitrogens with one attached hydrogen (secondary N) is 2. The molecule has 0 spiro atoms. The van der Waals surface area contributed by atoms with Gasteiger partial charge in [-0.3, -0.25) is 4.79 Å². The molecule has 2 aromatic carbocycles. The monoisotopic (exact) mass is 467 g/mol. The van der Waals surface area contributed by atoms with Gasteiger partial charge in [-0.05, 0) is 36.8 Å². The Hall–Kier alpha value is -3.14. The minimum absolute atomic E-state index is 0.0376. The van der Waals surface area contributed by atoms with Crippen molar-refractivity contribution in [3.63, 3.8) is 0 Å².